The van der Waals surface area contributed by atoms with E-state index in [0.717, 1.165) is 13.1 Å². The molecule has 1 aromatic heterocycles. The van der Waals surface area contributed by atoms with Crippen molar-refractivity contribution in [2.45, 2.75) is 6.04 Å². The smallest absolute Gasteiger partial charge is 0.259 e. The van der Waals surface area contributed by atoms with Crippen LogP contribution in [-0.2, 0) is 0 Å². The highest BCUT2D eigenvalue weighted by molar-refractivity contribution is 5.96. The Morgan fingerprint density at radius 1 is 1.62 bits per heavy atom. The van der Waals surface area contributed by atoms with Crippen molar-refractivity contribution in [3.63, 3.8) is 0 Å². The summed E-state index contributed by atoms with van der Waals surface area (Å²) in [4.78, 5) is 17.9. The lowest BCUT2D eigenvalue weighted by Crippen LogP contribution is -2.57. The van der Waals surface area contributed by atoms with Crippen molar-refractivity contribution in [1.82, 2.24) is 15.2 Å². The number of nitrogens with one attached hydrogen (secondary N) is 1. The number of hydrogen-bond acceptors (Lipinski definition) is 4. The van der Waals surface area contributed by atoms with Gasteiger partial charge in [-0.1, -0.05) is 0 Å². The third-order valence-electron chi connectivity index (χ3n) is 2.82. The van der Waals surface area contributed by atoms with Gasteiger partial charge in [-0.15, -0.1) is 0 Å². The Kier molecular flexibility index (Phi) is 3.05. The Balaban J connectivity index is 2.19. The van der Waals surface area contributed by atoms with E-state index in [1.54, 1.807) is 30.3 Å². The molecular formula is C11H15N3O2. The molecule has 1 fully saturated rings. The number of methoxy groups -OCH3 is 1. The Bertz CT molecular complexity index is 391. The fourth-order valence-corrected chi connectivity index (χ4v) is 1.62. The molecule has 0 saturated carbocycles. The number of pyridine rings is 1. The maximum absolute atomic E-state index is 12.1. The van der Waals surface area contributed by atoms with Crippen LogP contribution in [0.3, 0.4) is 0 Å². The molecule has 0 atom stereocenters. The van der Waals surface area contributed by atoms with Crippen LogP contribution in [0.4, 0.5) is 0 Å². The molecule has 1 aliphatic rings. The van der Waals surface area contributed by atoms with Crippen molar-refractivity contribution in [2.75, 3.05) is 27.2 Å². The molecule has 2 rings (SSSR count). The molecule has 1 aliphatic heterocycles. The molecule has 5 nitrogen and oxygen atoms in total. The molecular weight excluding hydrogens is 206 g/mol. The highest BCUT2D eigenvalue weighted by Crippen LogP contribution is 2.17. The first-order valence-electron chi connectivity index (χ1n) is 5.21. The fourth-order valence-electron chi connectivity index (χ4n) is 1.62. The second-order valence-electron chi connectivity index (χ2n) is 3.79. The zero-order valence-electron chi connectivity index (χ0n) is 9.43. The Morgan fingerprint density at radius 3 is 2.94 bits per heavy atom. The summed E-state index contributed by atoms with van der Waals surface area (Å²) in [6.45, 7) is 1.70. The highest BCUT2D eigenvalue weighted by Gasteiger charge is 2.27. The summed E-state index contributed by atoms with van der Waals surface area (Å²) >= 11 is 0. The number of carbonyl (C=O) groups excluding carboxylic acids is 1. The van der Waals surface area contributed by atoms with Crippen LogP contribution in [0.1, 0.15) is 10.4 Å². The minimum atomic E-state index is -0.0450. The molecule has 0 unspecified atom stereocenters. The van der Waals surface area contributed by atoms with Gasteiger partial charge in [0.05, 0.1) is 13.2 Å². The van der Waals surface area contributed by atoms with Crippen LogP contribution in [0.5, 0.6) is 5.88 Å². The van der Waals surface area contributed by atoms with Gasteiger partial charge in [-0.3, -0.25) is 4.79 Å². The average Bonchev–Trinajstić information content (AvgIpc) is 2.25. The molecule has 0 bridgehead atoms. The van der Waals surface area contributed by atoms with E-state index < -0.39 is 0 Å². The topological polar surface area (TPSA) is 54.5 Å². The van der Waals surface area contributed by atoms with Crippen LogP contribution < -0.4 is 10.1 Å². The van der Waals surface area contributed by atoms with Gasteiger partial charge in [-0.2, -0.15) is 0 Å². The van der Waals surface area contributed by atoms with Gasteiger partial charge in [0.1, 0.15) is 5.56 Å². The largest absolute Gasteiger partial charge is 0.480 e. The minimum Gasteiger partial charge on any atom is -0.480 e. The standard InChI is InChI=1S/C11H15N3O2/c1-14(8-6-12-7-8)11(15)9-4-3-5-13-10(9)16-2/h3-5,8,12H,6-7H2,1-2H3. The van der Waals surface area contributed by atoms with Gasteiger partial charge < -0.3 is 15.0 Å². The first kappa shape index (κ1) is 10.9. The molecule has 16 heavy (non-hydrogen) atoms. The van der Waals surface area contributed by atoms with Crippen LogP contribution in [0.2, 0.25) is 0 Å². The van der Waals surface area contributed by atoms with Crippen LogP contribution in [-0.4, -0.2) is 49.1 Å². The summed E-state index contributed by atoms with van der Waals surface area (Å²) in [5.41, 5.74) is 0.513. The van der Waals surface area contributed by atoms with Gasteiger partial charge in [-0.25, -0.2) is 4.98 Å². The van der Waals surface area contributed by atoms with Crippen LogP contribution in [0.15, 0.2) is 18.3 Å². The van der Waals surface area contributed by atoms with E-state index >= 15 is 0 Å². The van der Waals surface area contributed by atoms with Crippen molar-refractivity contribution in [1.29, 1.82) is 0 Å². The molecule has 86 valence electrons. The zero-order chi connectivity index (χ0) is 11.5. The summed E-state index contributed by atoms with van der Waals surface area (Å²) in [7, 11) is 3.32. The lowest BCUT2D eigenvalue weighted by Gasteiger charge is -2.35. The van der Waals surface area contributed by atoms with Crippen molar-refractivity contribution in [3.05, 3.63) is 23.9 Å². The molecule has 0 aromatic carbocycles. The molecule has 0 radical (unpaired) electrons. The second-order valence-corrected chi connectivity index (χ2v) is 3.79. The number of hydrogen-bond donors (Lipinski definition) is 1. The molecule has 0 aliphatic carbocycles. The molecule has 1 saturated heterocycles. The number of nitrogens with zero attached hydrogens (tertiary/aromatic N) is 2. The van der Waals surface area contributed by atoms with E-state index in [-0.39, 0.29) is 11.9 Å². The molecule has 1 aromatic rings. The fraction of sp³-hybridized carbons (Fsp3) is 0.455. The molecule has 5 heteroatoms. The van der Waals surface area contributed by atoms with Crippen LogP contribution in [0.25, 0.3) is 0 Å². The van der Waals surface area contributed by atoms with Crippen molar-refractivity contribution < 1.29 is 9.53 Å². The van der Waals surface area contributed by atoms with Crippen LogP contribution in [0, 0.1) is 0 Å². The van der Waals surface area contributed by atoms with E-state index in [0.29, 0.717) is 11.4 Å². The molecule has 1 N–H and O–H groups in total. The Labute approximate surface area is 94.4 Å². The third-order valence-corrected chi connectivity index (χ3v) is 2.82. The summed E-state index contributed by atoms with van der Waals surface area (Å²) in [6, 6.07) is 3.75. The Morgan fingerprint density at radius 2 is 2.38 bits per heavy atom. The zero-order valence-corrected chi connectivity index (χ0v) is 9.43. The van der Waals surface area contributed by atoms with Crippen molar-refractivity contribution in [2.24, 2.45) is 0 Å². The van der Waals surface area contributed by atoms with E-state index in [1.807, 2.05) is 0 Å². The van der Waals surface area contributed by atoms with E-state index in [4.69, 9.17) is 4.74 Å². The first-order chi connectivity index (χ1) is 7.74. The van der Waals surface area contributed by atoms with Crippen molar-refractivity contribution >= 4 is 5.91 Å². The van der Waals surface area contributed by atoms with Gasteiger partial charge in [-0.05, 0) is 12.1 Å². The van der Waals surface area contributed by atoms with Gasteiger partial charge in [0.2, 0.25) is 5.88 Å². The number of likely N-dealkylation sites (N-methyl/N-ethyl adjacent to an activating group) is 1. The van der Waals surface area contributed by atoms with E-state index in [9.17, 15) is 4.79 Å². The quantitative estimate of drug-likeness (QED) is 0.788. The predicted molar refractivity (Wildman–Crippen MR) is 59.5 cm³/mol. The highest BCUT2D eigenvalue weighted by atomic mass is 16.5. The van der Waals surface area contributed by atoms with Gasteiger partial charge >= 0.3 is 0 Å². The van der Waals surface area contributed by atoms with Gasteiger partial charge in [0, 0.05) is 26.3 Å². The number of carbonyl (C=O) groups is 1. The normalized spacial score (nSPS) is 15.4. The van der Waals surface area contributed by atoms with E-state index in [2.05, 4.69) is 10.3 Å². The second kappa shape index (κ2) is 4.49. The maximum atomic E-state index is 12.1. The summed E-state index contributed by atoms with van der Waals surface area (Å²) in [6.07, 6.45) is 1.61. The number of aromatic nitrogens is 1. The third kappa shape index (κ3) is 1.86. The summed E-state index contributed by atoms with van der Waals surface area (Å²) < 4.78 is 5.07. The first-order valence-corrected chi connectivity index (χ1v) is 5.21. The van der Waals surface area contributed by atoms with Crippen LogP contribution >= 0.6 is 0 Å². The summed E-state index contributed by atoms with van der Waals surface area (Å²) in [5.74, 6) is 0.336. The van der Waals surface area contributed by atoms with E-state index in [1.165, 1.54) is 7.11 Å². The summed E-state index contributed by atoms with van der Waals surface area (Å²) in [5, 5.41) is 3.14. The number of rotatable bonds is 3. The molecule has 1 amide bonds. The molecule has 2 heterocycles. The lowest BCUT2D eigenvalue weighted by atomic mass is 10.1. The Hall–Kier alpha value is -1.62. The van der Waals surface area contributed by atoms with Gasteiger partial charge in [0.25, 0.3) is 5.91 Å². The minimum absolute atomic E-state index is 0.0450. The number of ether oxygens (including phenoxy) is 1. The lowest BCUT2D eigenvalue weighted by molar-refractivity contribution is 0.0677. The average molecular weight is 221 g/mol. The van der Waals surface area contributed by atoms with Gasteiger partial charge in [0.15, 0.2) is 0 Å². The maximum Gasteiger partial charge on any atom is 0.259 e. The molecule has 0 spiro atoms. The number of amides is 1. The van der Waals surface area contributed by atoms with Crippen molar-refractivity contribution in [3.8, 4) is 5.88 Å². The predicted octanol–water partition coefficient (Wildman–Crippen LogP) is 0.134. The SMILES string of the molecule is COc1ncccc1C(=O)N(C)C1CNC1. The monoisotopic (exact) mass is 221 g/mol.